The summed E-state index contributed by atoms with van der Waals surface area (Å²) < 4.78 is 1.82. The Labute approximate surface area is 142 Å². The first-order chi connectivity index (χ1) is 11.6. The van der Waals surface area contributed by atoms with Crippen molar-refractivity contribution in [3.05, 3.63) is 29.6 Å². The SMILES string of the molecule is CC[C@H](CO)N1CCN(c2ccc(-n3nc(C)cc3C)nn2)CC1. The van der Waals surface area contributed by atoms with E-state index in [4.69, 9.17) is 0 Å². The molecule has 0 saturated carbocycles. The third-order valence-corrected chi connectivity index (χ3v) is 4.70. The largest absolute Gasteiger partial charge is 0.395 e. The number of hydrogen-bond acceptors (Lipinski definition) is 6. The van der Waals surface area contributed by atoms with Gasteiger partial charge in [0, 0.05) is 37.9 Å². The number of aliphatic hydroxyl groups excluding tert-OH is 1. The second kappa shape index (κ2) is 7.27. The molecule has 7 heteroatoms. The van der Waals surface area contributed by atoms with Crippen LogP contribution in [0.2, 0.25) is 0 Å². The predicted octanol–water partition coefficient (Wildman–Crippen LogP) is 1.17. The molecule has 0 unspecified atom stereocenters. The topological polar surface area (TPSA) is 70.3 Å². The molecule has 1 N–H and O–H groups in total. The van der Waals surface area contributed by atoms with Gasteiger partial charge in [-0.15, -0.1) is 10.2 Å². The van der Waals surface area contributed by atoms with Crippen molar-refractivity contribution in [1.82, 2.24) is 24.9 Å². The van der Waals surface area contributed by atoms with Crippen LogP contribution in [0.4, 0.5) is 5.82 Å². The number of piperazine rings is 1. The maximum Gasteiger partial charge on any atom is 0.176 e. The number of aryl methyl sites for hydroxylation is 2. The Morgan fingerprint density at radius 2 is 1.75 bits per heavy atom. The molecule has 1 aliphatic heterocycles. The van der Waals surface area contributed by atoms with Crippen LogP contribution < -0.4 is 4.90 Å². The minimum absolute atomic E-state index is 0.230. The van der Waals surface area contributed by atoms with Gasteiger partial charge in [-0.25, -0.2) is 4.68 Å². The number of nitrogens with zero attached hydrogens (tertiary/aromatic N) is 6. The molecule has 0 bridgehead atoms. The van der Waals surface area contributed by atoms with Gasteiger partial charge in [-0.05, 0) is 38.5 Å². The summed E-state index contributed by atoms with van der Waals surface area (Å²) in [5.41, 5.74) is 2.03. The van der Waals surface area contributed by atoms with E-state index in [2.05, 4.69) is 32.0 Å². The van der Waals surface area contributed by atoms with Gasteiger partial charge in [0.15, 0.2) is 11.6 Å². The fourth-order valence-corrected chi connectivity index (χ4v) is 3.28. The number of rotatable bonds is 5. The summed E-state index contributed by atoms with van der Waals surface area (Å²) in [6.45, 7) is 10.0. The Balaban J connectivity index is 1.66. The van der Waals surface area contributed by atoms with E-state index in [0.29, 0.717) is 0 Å². The van der Waals surface area contributed by atoms with Gasteiger partial charge >= 0.3 is 0 Å². The van der Waals surface area contributed by atoms with E-state index in [1.807, 2.05) is 36.7 Å². The summed E-state index contributed by atoms with van der Waals surface area (Å²) in [4.78, 5) is 4.60. The van der Waals surface area contributed by atoms with Crippen LogP contribution in [0.1, 0.15) is 24.7 Å². The van der Waals surface area contributed by atoms with Gasteiger partial charge in [-0.2, -0.15) is 5.10 Å². The van der Waals surface area contributed by atoms with Crippen LogP contribution in [0, 0.1) is 13.8 Å². The van der Waals surface area contributed by atoms with Crippen molar-refractivity contribution in [2.24, 2.45) is 0 Å². The lowest BCUT2D eigenvalue weighted by atomic mass is 10.1. The lowest BCUT2D eigenvalue weighted by Gasteiger charge is -2.38. The number of aliphatic hydroxyl groups is 1. The van der Waals surface area contributed by atoms with E-state index in [1.165, 1.54) is 0 Å². The van der Waals surface area contributed by atoms with Crippen LogP contribution in [0.3, 0.4) is 0 Å². The van der Waals surface area contributed by atoms with Gasteiger partial charge in [0.25, 0.3) is 0 Å². The highest BCUT2D eigenvalue weighted by Crippen LogP contribution is 2.17. The lowest BCUT2D eigenvalue weighted by Crippen LogP contribution is -2.51. The zero-order valence-corrected chi connectivity index (χ0v) is 14.7. The summed E-state index contributed by atoms with van der Waals surface area (Å²) in [6.07, 6.45) is 0.980. The van der Waals surface area contributed by atoms with Gasteiger partial charge in [0.05, 0.1) is 12.3 Å². The van der Waals surface area contributed by atoms with E-state index in [1.54, 1.807) is 0 Å². The highest BCUT2D eigenvalue weighted by atomic mass is 16.3. The highest BCUT2D eigenvalue weighted by Gasteiger charge is 2.23. The normalized spacial score (nSPS) is 17.2. The standard InChI is InChI=1S/C17H26N6O/c1-4-15(12-24)21-7-9-22(10-8-21)16-5-6-17(19-18-16)23-14(3)11-13(2)20-23/h5-6,11,15,24H,4,7-10,12H2,1-3H3/t15-/m1/s1. The molecule has 2 aromatic rings. The summed E-state index contributed by atoms with van der Waals surface area (Å²) in [6, 6.07) is 6.28. The zero-order valence-electron chi connectivity index (χ0n) is 14.7. The molecule has 7 nitrogen and oxygen atoms in total. The molecule has 1 fully saturated rings. The van der Waals surface area contributed by atoms with Gasteiger partial charge in [0.2, 0.25) is 0 Å². The van der Waals surface area contributed by atoms with Crippen LogP contribution >= 0.6 is 0 Å². The van der Waals surface area contributed by atoms with Gasteiger partial charge in [-0.1, -0.05) is 6.92 Å². The van der Waals surface area contributed by atoms with Crippen molar-refractivity contribution in [2.45, 2.75) is 33.2 Å². The first kappa shape index (κ1) is 16.9. The van der Waals surface area contributed by atoms with E-state index in [-0.39, 0.29) is 12.6 Å². The first-order valence-corrected chi connectivity index (χ1v) is 8.59. The maximum absolute atomic E-state index is 9.44. The van der Waals surface area contributed by atoms with Gasteiger partial charge in [0.1, 0.15) is 0 Å². The molecular formula is C17H26N6O. The van der Waals surface area contributed by atoms with E-state index >= 15 is 0 Å². The monoisotopic (exact) mass is 330 g/mol. The van der Waals surface area contributed by atoms with E-state index in [9.17, 15) is 5.11 Å². The van der Waals surface area contributed by atoms with Crippen LogP contribution in [-0.2, 0) is 0 Å². The molecule has 3 heterocycles. The summed E-state index contributed by atoms with van der Waals surface area (Å²) in [7, 11) is 0. The van der Waals surface area contributed by atoms with Crippen molar-refractivity contribution >= 4 is 5.82 Å². The Morgan fingerprint density at radius 3 is 2.25 bits per heavy atom. The van der Waals surface area contributed by atoms with Crippen molar-refractivity contribution in [2.75, 3.05) is 37.7 Å². The Morgan fingerprint density at radius 1 is 1.08 bits per heavy atom. The predicted molar refractivity (Wildman–Crippen MR) is 93.6 cm³/mol. The zero-order chi connectivity index (χ0) is 17.1. The summed E-state index contributed by atoms with van der Waals surface area (Å²) in [5.74, 6) is 1.64. The van der Waals surface area contributed by atoms with E-state index in [0.717, 1.165) is 55.6 Å². The molecule has 0 radical (unpaired) electrons. The minimum atomic E-state index is 0.230. The number of hydrogen-bond donors (Lipinski definition) is 1. The smallest absolute Gasteiger partial charge is 0.176 e. The molecule has 1 saturated heterocycles. The van der Waals surface area contributed by atoms with Gasteiger partial charge < -0.3 is 10.0 Å². The van der Waals surface area contributed by atoms with Crippen LogP contribution in [0.25, 0.3) is 5.82 Å². The fraction of sp³-hybridized carbons (Fsp3) is 0.588. The van der Waals surface area contributed by atoms with Crippen LogP contribution in [0.5, 0.6) is 0 Å². The fourth-order valence-electron chi connectivity index (χ4n) is 3.28. The Hall–Kier alpha value is -1.99. The van der Waals surface area contributed by atoms with Crippen molar-refractivity contribution in [3.8, 4) is 5.82 Å². The minimum Gasteiger partial charge on any atom is -0.395 e. The lowest BCUT2D eigenvalue weighted by molar-refractivity contribution is 0.114. The average Bonchev–Trinajstić information content (AvgIpc) is 2.95. The Kier molecular flexibility index (Phi) is 5.11. The average molecular weight is 330 g/mol. The molecule has 0 amide bonds. The summed E-state index contributed by atoms with van der Waals surface area (Å²) in [5, 5.41) is 22.6. The molecule has 0 aliphatic carbocycles. The molecule has 3 rings (SSSR count). The van der Waals surface area contributed by atoms with Crippen LogP contribution in [0.15, 0.2) is 18.2 Å². The van der Waals surface area contributed by atoms with Crippen molar-refractivity contribution in [3.63, 3.8) is 0 Å². The number of anilines is 1. The third-order valence-electron chi connectivity index (χ3n) is 4.70. The van der Waals surface area contributed by atoms with E-state index < -0.39 is 0 Å². The van der Waals surface area contributed by atoms with Crippen molar-refractivity contribution in [1.29, 1.82) is 0 Å². The molecule has 2 aromatic heterocycles. The molecule has 0 spiro atoms. The first-order valence-electron chi connectivity index (χ1n) is 8.59. The molecule has 0 aromatic carbocycles. The van der Waals surface area contributed by atoms with Gasteiger partial charge in [-0.3, -0.25) is 4.90 Å². The molecule has 1 atom stereocenters. The third kappa shape index (κ3) is 3.42. The quantitative estimate of drug-likeness (QED) is 0.887. The highest BCUT2D eigenvalue weighted by molar-refractivity contribution is 5.40. The second-order valence-corrected chi connectivity index (χ2v) is 6.36. The molecule has 1 aliphatic rings. The summed E-state index contributed by atoms with van der Waals surface area (Å²) >= 11 is 0. The van der Waals surface area contributed by atoms with Crippen molar-refractivity contribution < 1.29 is 5.11 Å². The Bertz CT molecular complexity index is 656. The number of aromatic nitrogens is 4. The van der Waals surface area contributed by atoms with Crippen LogP contribution in [-0.4, -0.2) is 68.8 Å². The molecule has 130 valence electrons. The molecular weight excluding hydrogens is 304 g/mol. The maximum atomic E-state index is 9.44. The molecule has 24 heavy (non-hydrogen) atoms. The second-order valence-electron chi connectivity index (χ2n) is 6.36.